The summed E-state index contributed by atoms with van der Waals surface area (Å²) in [6, 6.07) is 6.72. The van der Waals surface area contributed by atoms with Gasteiger partial charge < -0.3 is 9.47 Å². The van der Waals surface area contributed by atoms with E-state index < -0.39 is 10.8 Å². The van der Waals surface area contributed by atoms with Gasteiger partial charge in [-0.3, -0.25) is 0 Å². The van der Waals surface area contributed by atoms with Gasteiger partial charge in [0.2, 0.25) is 0 Å². The number of rotatable bonds is 2. The average Bonchev–Trinajstić information content (AvgIpc) is 2.61. The molecule has 0 bridgehead atoms. The highest BCUT2D eigenvalue weighted by molar-refractivity contribution is 8.28. The molecule has 2 aliphatic heterocycles. The minimum Gasteiger partial charge on any atom is -0.493 e. The predicted octanol–water partition coefficient (Wildman–Crippen LogP) is 5.54. The molecule has 0 N–H and O–H groups in total. The maximum absolute atomic E-state index is 15.4. The molecule has 1 aromatic carbocycles. The van der Waals surface area contributed by atoms with Gasteiger partial charge in [-0.15, -0.1) is 7.77 Å². The summed E-state index contributed by atoms with van der Waals surface area (Å²) in [4.78, 5) is 0.492. The Bertz CT molecular complexity index is 694. The number of benzene rings is 1. The Kier molecular flexibility index (Phi) is 4.17. The first-order valence-corrected chi connectivity index (χ1v) is 9.94. The summed E-state index contributed by atoms with van der Waals surface area (Å²) in [6.45, 7) is 3.76. The van der Waals surface area contributed by atoms with Gasteiger partial charge in [0, 0.05) is 23.0 Å². The monoisotopic (exact) mass is 352 g/mol. The van der Waals surface area contributed by atoms with Crippen LogP contribution >= 0.6 is 10.8 Å². The van der Waals surface area contributed by atoms with Crippen molar-refractivity contribution in [2.45, 2.75) is 31.1 Å². The molecule has 5 heteroatoms. The number of hydrogen-bond donors (Lipinski definition) is 0. The molecule has 0 amide bonds. The zero-order valence-corrected chi connectivity index (χ0v) is 14.6. The first-order valence-electron chi connectivity index (χ1n) is 8.51. The lowest BCUT2D eigenvalue weighted by atomic mass is 9.78. The molecule has 2 saturated heterocycles. The van der Waals surface area contributed by atoms with Crippen LogP contribution in [0.5, 0.6) is 0 Å². The van der Waals surface area contributed by atoms with Crippen LogP contribution < -0.4 is 0 Å². The van der Waals surface area contributed by atoms with Gasteiger partial charge in [0.1, 0.15) is 16.6 Å². The molecule has 2 fully saturated rings. The molecule has 1 aliphatic carbocycles. The average molecular weight is 352 g/mol. The Morgan fingerprint density at radius 3 is 2.71 bits per heavy atom. The van der Waals surface area contributed by atoms with Gasteiger partial charge in [-0.1, -0.05) is 17.7 Å². The number of hydrogen-bond acceptors (Lipinski definition) is 2. The van der Waals surface area contributed by atoms with E-state index in [1.54, 1.807) is 24.3 Å². The summed E-state index contributed by atoms with van der Waals surface area (Å²) < 4.78 is 42.2. The van der Waals surface area contributed by atoms with Gasteiger partial charge in [0.15, 0.2) is 0 Å². The van der Waals surface area contributed by atoms with E-state index >= 15 is 7.77 Å². The van der Waals surface area contributed by atoms with Crippen molar-refractivity contribution >= 4 is 10.8 Å². The normalized spacial score (nSPS) is 27.7. The van der Waals surface area contributed by atoms with Crippen LogP contribution in [0.4, 0.5) is 7.77 Å². The summed E-state index contributed by atoms with van der Waals surface area (Å²) in [5, 5.41) is 0. The lowest BCUT2D eigenvalue weighted by molar-refractivity contribution is -0.0214. The first kappa shape index (κ1) is 16.2. The second-order valence-electron chi connectivity index (χ2n) is 6.77. The van der Waals surface area contributed by atoms with Gasteiger partial charge >= 0.3 is 0 Å². The topological polar surface area (TPSA) is 18.5 Å². The van der Waals surface area contributed by atoms with E-state index in [9.17, 15) is 0 Å². The van der Waals surface area contributed by atoms with E-state index in [4.69, 9.17) is 9.47 Å². The van der Waals surface area contributed by atoms with Crippen LogP contribution in [0.25, 0.3) is 0 Å². The van der Waals surface area contributed by atoms with E-state index in [1.165, 1.54) is 0 Å². The van der Waals surface area contributed by atoms with Crippen molar-refractivity contribution in [3.8, 4) is 0 Å². The SMILES string of the molecule is Cc1ccc(S(F)(F)C2=C3C(=CCC2)OCC2COCCC32)cc1. The molecule has 0 saturated carbocycles. The van der Waals surface area contributed by atoms with Crippen LogP contribution in [0.15, 0.2) is 51.5 Å². The largest absolute Gasteiger partial charge is 0.493 e. The van der Waals surface area contributed by atoms with Crippen molar-refractivity contribution in [1.29, 1.82) is 0 Å². The van der Waals surface area contributed by atoms with Crippen molar-refractivity contribution < 1.29 is 17.2 Å². The van der Waals surface area contributed by atoms with E-state index in [0.717, 1.165) is 17.6 Å². The third-order valence-electron chi connectivity index (χ3n) is 5.19. The fourth-order valence-corrected chi connectivity index (χ4v) is 5.56. The smallest absolute Gasteiger partial charge is 0.119 e. The number of halogens is 2. The third kappa shape index (κ3) is 2.68. The van der Waals surface area contributed by atoms with E-state index in [1.807, 2.05) is 13.0 Å². The lowest BCUT2D eigenvalue weighted by Crippen LogP contribution is -2.37. The van der Waals surface area contributed by atoms with E-state index in [-0.39, 0.29) is 16.7 Å². The van der Waals surface area contributed by atoms with Gasteiger partial charge in [-0.05, 0) is 50.3 Å². The van der Waals surface area contributed by atoms with E-state index in [2.05, 4.69) is 0 Å². The molecule has 3 aliphatic rings. The minimum atomic E-state index is -3.98. The maximum atomic E-state index is 15.4. The fourth-order valence-electron chi connectivity index (χ4n) is 3.90. The van der Waals surface area contributed by atoms with Crippen LogP contribution in [-0.4, -0.2) is 19.8 Å². The second-order valence-corrected chi connectivity index (χ2v) is 8.67. The molecular weight excluding hydrogens is 330 g/mol. The summed E-state index contributed by atoms with van der Waals surface area (Å²) in [6.07, 6.45) is 3.88. The van der Waals surface area contributed by atoms with Crippen LogP contribution in [0.1, 0.15) is 24.8 Å². The molecule has 2 atom stereocenters. The van der Waals surface area contributed by atoms with E-state index in [0.29, 0.717) is 43.3 Å². The molecule has 0 spiro atoms. The summed E-state index contributed by atoms with van der Waals surface area (Å²) in [5.74, 6) is 1.06. The van der Waals surface area contributed by atoms with Crippen molar-refractivity contribution in [2.24, 2.45) is 11.8 Å². The third-order valence-corrected chi connectivity index (χ3v) is 7.10. The molecule has 2 nitrogen and oxygen atoms in total. The van der Waals surface area contributed by atoms with Crippen LogP contribution in [-0.2, 0) is 9.47 Å². The zero-order chi connectivity index (χ0) is 16.7. The van der Waals surface area contributed by atoms with Crippen LogP contribution in [0, 0.1) is 18.8 Å². The number of aryl methyl sites for hydroxylation is 1. The molecule has 2 heterocycles. The Morgan fingerprint density at radius 2 is 1.92 bits per heavy atom. The summed E-state index contributed by atoms with van der Waals surface area (Å²) in [7, 11) is -3.98. The van der Waals surface area contributed by atoms with Gasteiger partial charge in [-0.25, -0.2) is 0 Å². The fraction of sp³-hybridized carbons (Fsp3) is 0.474. The van der Waals surface area contributed by atoms with Crippen molar-refractivity contribution in [1.82, 2.24) is 0 Å². The molecule has 0 aromatic heterocycles. The molecule has 2 unspecified atom stereocenters. The van der Waals surface area contributed by atoms with Gasteiger partial charge in [0.25, 0.3) is 0 Å². The highest BCUT2D eigenvalue weighted by Crippen LogP contribution is 2.69. The van der Waals surface area contributed by atoms with Crippen LogP contribution in [0.2, 0.25) is 0 Å². The molecule has 24 heavy (non-hydrogen) atoms. The minimum absolute atomic E-state index is 0.151. The van der Waals surface area contributed by atoms with Crippen LogP contribution in [0.3, 0.4) is 0 Å². The molecule has 1 aromatic rings. The summed E-state index contributed by atoms with van der Waals surface area (Å²) >= 11 is 0. The zero-order valence-electron chi connectivity index (χ0n) is 13.8. The first-order chi connectivity index (χ1) is 11.6. The molecule has 4 rings (SSSR count). The maximum Gasteiger partial charge on any atom is 0.119 e. The summed E-state index contributed by atoms with van der Waals surface area (Å²) in [5.41, 5.74) is 1.79. The predicted molar refractivity (Wildman–Crippen MR) is 92.0 cm³/mol. The van der Waals surface area contributed by atoms with Crippen molar-refractivity contribution in [3.63, 3.8) is 0 Å². The van der Waals surface area contributed by atoms with Gasteiger partial charge in [-0.2, -0.15) is 0 Å². The Morgan fingerprint density at radius 1 is 1.12 bits per heavy atom. The molecule has 130 valence electrons. The number of ether oxygens (including phenoxy) is 2. The highest BCUT2D eigenvalue weighted by Gasteiger charge is 2.43. The Labute approximate surface area is 143 Å². The van der Waals surface area contributed by atoms with Gasteiger partial charge in [0.05, 0.1) is 18.1 Å². The quantitative estimate of drug-likeness (QED) is 0.695. The standard InChI is InChI=1S/C19H22F2O2S/c1-13-5-7-15(8-6-13)24(20,21)18-4-2-3-17-19(18)16-9-10-22-11-14(16)12-23-17/h3,5-8,14,16H,2,4,9-12H2,1H3. The molecular formula is C19H22F2O2S. The number of allylic oxidation sites excluding steroid dienone is 3. The second kappa shape index (κ2) is 6.19. The van der Waals surface area contributed by atoms with Crippen molar-refractivity contribution in [3.05, 3.63) is 52.1 Å². The Balaban J connectivity index is 1.79. The Hall–Kier alpha value is -1.33. The number of fused-ring (bicyclic) bond motifs is 3. The highest BCUT2D eigenvalue weighted by atomic mass is 32.3. The lowest BCUT2D eigenvalue weighted by Gasteiger charge is -2.42. The van der Waals surface area contributed by atoms with Crippen molar-refractivity contribution in [2.75, 3.05) is 19.8 Å². The molecule has 0 radical (unpaired) electrons.